The fourth-order valence-electron chi connectivity index (χ4n) is 0.942. The summed E-state index contributed by atoms with van der Waals surface area (Å²) in [5, 5.41) is 0.133. The van der Waals surface area contributed by atoms with Crippen molar-refractivity contribution >= 4 is 27.5 Å². The third-order valence-corrected chi connectivity index (χ3v) is 3.17. The molecule has 10 heteroatoms. The molecule has 0 aliphatic carbocycles. The van der Waals surface area contributed by atoms with Gasteiger partial charge in [0, 0.05) is 0 Å². The molecular weight excluding hydrogens is 311 g/mol. The molecule has 0 saturated carbocycles. The Hall–Kier alpha value is -1.48. The van der Waals surface area contributed by atoms with Gasteiger partial charge in [-0.3, -0.25) is 4.79 Å². The molecule has 1 aromatic rings. The third kappa shape index (κ3) is 4.28. The van der Waals surface area contributed by atoms with Gasteiger partial charge in [0.15, 0.2) is 6.61 Å². The normalized spacial score (nSPS) is 12.0. The quantitative estimate of drug-likeness (QED) is 0.917. The summed E-state index contributed by atoms with van der Waals surface area (Å²) < 4.78 is 62.7. The van der Waals surface area contributed by atoms with E-state index in [-0.39, 0.29) is 10.8 Å². The van der Waals surface area contributed by atoms with Gasteiger partial charge in [0.05, 0.1) is 5.02 Å². The van der Waals surface area contributed by atoms with Gasteiger partial charge in [-0.2, -0.15) is 21.6 Å². The molecule has 0 aliphatic heterocycles. The Kier molecular flexibility index (Phi) is 4.64. The van der Waals surface area contributed by atoms with E-state index in [1.807, 2.05) is 0 Å². The molecule has 19 heavy (non-hydrogen) atoms. The van der Waals surface area contributed by atoms with Crippen molar-refractivity contribution in [1.82, 2.24) is 4.72 Å². The highest BCUT2D eigenvalue weighted by atomic mass is 35.5. The topological polar surface area (TPSA) is 72.5 Å². The Morgan fingerprint density at radius 1 is 1.32 bits per heavy atom. The number of halogens is 4. The standard InChI is InChI=1S/C9H7ClF3NO4S/c10-6-3-1-2-4-7(6)18-5-8(15)14-19(16,17)9(11,12)13/h1-4H,5H2,(H,14,15). The number of rotatable bonds is 4. The van der Waals surface area contributed by atoms with Crippen molar-refractivity contribution in [3.8, 4) is 5.75 Å². The van der Waals surface area contributed by atoms with E-state index in [4.69, 9.17) is 16.3 Å². The summed E-state index contributed by atoms with van der Waals surface area (Å²) >= 11 is 5.66. The lowest BCUT2D eigenvalue weighted by atomic mass is 10.3. The minimum atomic E-state index is -5.72. The van der Waals surface area contributed by atoms with Gasteiger partial charge >= 0.3 is 15.5 Å². The van der Waals surface area contributed by atoms with Crippen LogP contribution in [-0.4, -0.2) is 26.4 Å². The van der Waals surface area contributed by atoms with Crippen LogP contribution in [0.5, 0.6) is 5.75 Å². The van der Waals surface area contributed by atoms with Crippen molar-refractivity contribution in [1.29, 1.82) is 0 Å². The zero-order chi connectivity index (χ0) is 14.7. The highest BCUT2D eigenvalue weighted by molar-refractivity contribution is 7.90. The van der Waals surface area contributed by atoms with E-state index in [1.54, 1.807) is 6.07 Å². The zero-order valence-electron chi connectivity index (χ0n) is 9.07. The van der Waals surface area contributed by atoms with Crippen LogP contribution in [0.1, 0.15) is 0 Å². The maximum Gasteiger partial charge on any atom is 0.516 e. The molecule has 0 fully saturated rings. The maximum atomic E-state index is 12.0. The van der Waals surface area contributed by atoms with Gasteiger partial charge in [-0.1, -0.05) is 23.7 Å². The minimum absolute atomic E-state index is 0.0451. The van der Waals surface area contributed by atoms with Crippen LogP contribution in [0.4, 0.5) is 13.2 Å². The first kappa shape index (κ1) is 15.6. The summed E-state index contributed by atoms with van der Waals surface area (Å²) in [6, 6.07) is 5.89. The number of carbonyl (C=O) groups excluding carboxylic acids is 1. The number of hydrogen-bond donors (Lipinski definition) is 1. The predicted molar refractivity (Wildman–Crippen MR) is 60.1 cm³/mol. The van der Waals surface area contributed by atoms with E-state index in [0.717, 1.165) is 4.72 Å². The van der Waals surface area contributed by atoms with Gasteiger partial charge in [0.2, 0.25) is 0 Å². The van der Waals surface area contributed by atoms with E-state index in [1.165, 1.54) is 18.2 Å². The molecule has 0 bridgehead atoms. The molecule has 1 N–H and O–H groups in total. The molecular formula is C9H7ClF3NO4S. The summed E-state index contributed by atoms with van der Waals surface area (Å²) in [7, 11) is -5.72. The number of alkyl halides is 3. The van der Waals surface area contributed by atoms with E-state index in [2.05, 4.69) is 0 Å². The molecule has 0 aliphatic rings. The molecule has 0 heterocycles. The predicted octanol–water partition coefficient (Wildman–Crippen LogP) is 1.68. The molecule has 5 nitrogen and oxygen atoms in total. The van der Waals surface area contributed by atoms with Gasteiger partial charge in [0.1, 0.15) is 5.75 Å². The van der Waals surface area contributed by atoms with Crippen LogP contribution >= 0.6 is 11.6 Å². The number of sulfonamides is 1. The van der Waals surface area contributed by atoms with Gasteiger partial charge in [-0.05, 0) is 12.1 Å². The Morgan fingerprint density at radius 3 is 2.42 bits per heavy atom. The Labute approximate surface area is 111 Å². The third-order valence-electron chi connectivity index (χ3n) is 1.75. The van der Waals surface area contributed by atoms with Crippen molar-refractivity contribution in [2.45, 2.75) is 5.51 Å². The number of benzene rings is 1. The number of carbonyl (C=O) groups is 1. The Morgan fingerprint density at radius 2 is 1.89 bits per heavy atom. The molecule has 0 radical (unpaired) electrons. The summed E-state index contributed by atoms with van der Waals surface area (Å²) in [4.78, 5) is 11.0. The molecule has 0 spiro atoms. The largest absolute Gasteiger partial charge is 0.516 e. The second-order valence-electron chi connectivity index (χ2n) is 3.19. The molecule has 0 unspecified atom stereocenters. The molecule has 0 atom stereocenters. The molecule has 1 rings (SSSR count). The first-order chi connectivity index (χ1) is 8.63. The zero-order valence-corrected chi connectivity index (χ0v) is 10.6. The van der Waals surface area contributed by atoms with Gasteiger partial charge in [0.25, 0.3) is 5.91 Å². The van der Waals surface area contributed by atoms with Crippen LogP contribution in [0.25, 0.3) is 0 Å². The first-order valence-corrected chi connectivity index (χ1v) is 6.49. The number of hydrogen-bond acceptors (Lipinski definition) is 4. The minimum Gasteiger partial charge on any atom is -0.482 e. The fourth-order valence-corrected chi connectivity index (χ4v) is 1.61. The van der Waals surface area contributed by atoms with E-state index in [0.29, 0.717) is 0 Å². The van der Waals surface area contributed by atoms with Crippen molar-refractivity contribution in [2.75, 3.05) is 6.61 Å². The number of nitrogens with one attached hydrogen (secondary N) is 1. The molecule has 1 aromatic carbocycles. The van der Waals surface area contributed by atoms with Crippen molar-refractivity contribution < 1.29 is 31.1 Å². The van der Waals surface area contributed by atoms with Crippen molar-refractivity contribution in [3.63, 3.8) is 0 Å². The van der Waals surface area contributed by atoms with Crippen LogP contribution in [-0.2, 0) is 14.8 Å². The monoisotopic (exact) mass is 317 g/mol. The summed E-state index contributed by atoms with van der Waals surface area (Å²) in [5.74, 6) is -1.42. The summed E-state index contributed by atoms with van der Waals surface area (Å²) in [6.45, 7) is -0.918. The molecule has 1 amide bonds. The number of ether oxygens (including phenoxy) is 1. The maximum absolute atomic E-state index is 12.0. The van der Waals surface area contributed by atoms with Crippen LogP contribution in [0.3, 0.4) is 0 Å². The highest BCUT2D eigenvalue weighted by Crippen LogP contribution is 2.23. The fraction of sp³-hybridized carbons (Fsp3) is 0.222. The average Bonchev–Trinajstić information content (AvgIpc) is 2.26. The van der Waals surface area contributed by atoms with Crippen LogP contribution in [0.15, 0.2) is 24.3 Å². The second kappa shape index (κ2) is 5.66. The first-order valence-electron chi connectivity index (χ1n) is 4.63. The van der Waals surface area contributed by atoms with Gasteiger partial charge in [-0.25, -0.2) is 4.72 Å². The van der Waals surface area contributed by atoms with Crippen LogP contribution in [0.2, 0.25) is 5.02 Å². The lowest BCUT2D eigenvalue weighted by molar-refractivity contribution is -0.121. The van der Waals surface area contributed by atoms with Gasteiger partial charge < -0.3 is 4.74 Å². The Bertz CT molecular complexity index is 573. The van der Waals surface area contributed by atoms with Crippen LogP contribution < -0.4 is 9.46 Å². The molecule has 0 saturated heterocycles. The van der Waals surface area contributed by atoms with Crippen molar-refractivity contribution in [3.05, 3.63) is 29.3 Å². The van der Waals surface area contributed by atoms with E-state index in [9.17, 15) is 26.4 Å². The number of amides is 1. The summed E-state index contributed by atoms with van der Waals surface area (Å²) in [6.07, 6.45) is 0. The van der Waals surface area contributed by atoms with E-state index < -0.39 is 28.0 Å². The van der Waals surface area contributed by atoms with E-state index >= 15 is 0 Å². The highest BCUT2D eigenvalue weighted by Gasteiger charge is 2.47. The Balaban J connectivity index is 2.61. The van der Waals surface area contributed by atoms with Crippen LogP contribution in [0, 0.1) is 0 Å². The second-order valence-corrected chi connectivity index (χ2v) is 5.27. The molecule has 0 aromatic heterocycles. The lowest BCUT2D eigenvalue weighted by Crippen LogP contribution is -2.42. The molecule has 106 valence electrons. The lowest BCUT2D eigenvalue weighted by Gasteiger charge is -2.10. The summed E-state index contributed by atoms with van der Waals surface area (Å²) in [5.41, 5.74) is -5.56. The SMILES string of the molecule is O=C(COc1ccccc1Cl)NS(=O)(=O)C(F)(F)F. The van der Waals surface area contributed by atoms with Gasteiger partial charge in [-0.15, -0.1) is 0 Å². The van der Waals surface area contributed by atoms with Crippen molar-refractivity contribution in [2.24, 2.45) is 0 Å². The average molecular weight is 318 g/mol. The smallest absolute Gasteiger partial charge is 0.482 e. The number of para-hydroxylation sites is 1.